The quantitative estimate of drug-likeness (QED) is 0.760. The van der Waals surface area contributed by atoms with E-state index in [1.54, 1.807) is 0 Å². The van der Waals surface area contributed by atoms with Crippen LogP contribution in [0.2, 0.25) is 0 Å². The van der Waals surface area contributed by atoms with E-state index in [0.717, 1.165) is 11.1 Å². The molecule has 1 aromatic heterocycles. The average molecular weight is 231 g/mol. The van der Waals surface area contributed by atoms with Gasteiger partial charge in [-0.1, -0.05) is 30.3 Å². The van der Waals surface area contributed by atoms with Crippen molar-refractivity contribution in [1.82, 2.24) is 9.97 Å². The van der Waals surface area contributed by atoms with Crippen molar-refractivity contribution < 1.29 is 4.39 Å². The van der Waals surface area contributed by atoms with Crippen LogP contribution in [0.5, 0.6) is 0 Å². The van der Waals surface area contributed by atoms with Crippen molar-refractivity contribution in [1.29, 1.82) is 0 Å². The summed E-state index contributed by atoms with van der Waals surface area (Å²) in [6, 6.07) is 10.00. The zero-order valence-corrected chi connectivity index (χ0v) is 9.89. The van der Waals surface area contributed by atoms with E-state index in [4.69, 9.17) is 0 Å². The van der Waals surface area contributed by atoms with E-state index in [0.29, 0.717) is 12.4 Å². The van der Waals surface area contributed by atoms with Crippen molar-refractivity contribution in [2.24, 2.45) is 0 Å². The lowest BCUT2D eigenvalue weighted by molar-refractivity contribution is 0.536. The molecule has 17 heavy (non-hydrogen) atoms. The van der Waals surface area contributed by atoms with Gasteiger partial charge in [0.05, 0.1) is 0 Å². The molecular formula is C13H14FN3. The van der Waals surface area contributed by atoms with Crippen molar-refractivity contribution in [3.05, 3.63) is 53.7 Å². The first kappa shape index (κ1) is 11.5. The number of benzene rings is 1. The van der Waals surface area contributed by atoms with Crippen LogP contribution in [-0.2, 0) is 6.54 Å². The van der Waals surface area contributed by atoms with Crippen LogP contribution < -0.4 is 4.90 Å². The molecule has 88 valence electrons. The van der Waals surface area contributed by atoms with Crippen molar-refractivity contribution >= 4 is 5.82 Å². The minimum atomic E-state index is -0.689. The molecule has 0 aliphatic heterocycles. The van der Waals surface area contributed by atoms with Gasteiger partial charge in [-0.15, -0.1) is 0 Å². The van der Waals surface area contributed by atoms with Crippen molar-refractivity contribution in [3.63, 3.8) is 0 Å². The van der Waals surface area contributed by atoms with E-state index in [1.807, 2.05) is 49.2 Å². The minimum Gasteiger partial charge on any atom is -0.355 e. The molecular weight excluding hydrogens is 217 g/mol. The van der Waals surface area contributed by atoms with Gasteiger partial charge in [-0.05, 0) is 12.5 Å². The fourth-order valence-electron chi connectivity index (χ4n) is 1.73. The van der Waals surface area contributed by atoms with Crippen LogP contribution in [0.1, 0.15) is 11.1 Å². The van der Waals surface area contributed by atoms with Gasteiger partial charge in [0.1, 0.15) is 5.82 Å². The highest BCUT2D eigenvalue weighted by Crippen LogP contribution is 2.16. The second-order valence-electron chi connectivity index (χ2n) is 3.99. The zero-order chi connectivity index (χ0) is 12.3. The Morgan fingerprint density at radius 1 is 1.24 bits per heavy atom. The Balaban J connectivity index is 2.20. The third kappa shape index (κ3) is 2.78. The van der Waals surface area contributed by atoms with Gasteiger partial charge in [0.25, 0.3) is 0 Å². The molecule has 0 spiro atoms. The first-order valence-corrected chi connectivity index (χ1v) is 5.41. The largest absolute Gasteiger partial charge is 0.355 e. The fourth-order valence-corrected chi connectivity index (χ4v) is 1.73. The number of anilines is 1. The molecule has 0 radical (unpaired) electrons. The van der Waals surface area contributed by atoms with Crippen LogP contribution in [0.3, 0.4) is 0 Å². The van der Waals surface area contributed by atoms with E-state index in [1.165, 1.54) is 6.20 Å². The summed E-state index contributed by atoms with van der Waals surface area (Å²) >= 11 is 0. The SMILES string of the molecule is Cc1cnc(F)nc1N(C)Cc1ccccc1. The molecule has 0 amide bonds. The maximum absolute atomic E-state index is 13.0. The van der Waals surface area contributed by atoms with Gasteiger partial charge in [0, 0.05) is 25.4 Å². The molecule has 0 bridgehead atoms. The number of halogens is 1. The predicted octanol–water partition coefficient (Wildman–Crippen LogP) is 2.56. The molecule has 2 rings (SSSR count). The normalized spacial score (nSPS) is 10.3. The Morgan fingerprint density at radius 3 is 2.65 bits per heavy atom. The molecule has 0 unspecified atom stereocenters. The van der Waals surface area contributed by atoms with Crippen LogP contribution in [0.4, 0.5) is 10.2 Å². The Kier molecular flexibility index (Phi) is 3.32. The highest BCUT2D eigenvalue weighted by molar-refractivity contribution is 5.44. The molecule has 0 N–H and O–H groups in total. The summed E-state index contributed by atoms with van der Waals surface area (Å²) in [4.78, 5) is 9.25. The lowest BCUT2D eigenvalue weighted by Crippen LogP contribution is -2.19. The van der Waals surface area contributed by atoms with Crippen LogP contribution in [0.15, 0.2) is 36.5 Å². The smallest absolute Gasteiger partial charge is 0.310 e. The van der Waals surface area contributed by atoms with Gasteiger partial charge in [-0.25, -0.2) is 4.98 Å². The van der Waals surface area contributed by atoms with E-state index >= 15 is 0 Å². The number of hydrogen-bond donors (Lipinski definition) is 0. The molecule has 4 heteroatoms. The van der Waals surface area contributed by atoms with Gasteiger partial charge < -0.3 is 4.90 Å². The fraction of sp³-hybridized carbons (Fsp3) is 0.231. The molecule has 2 aromatic rings. The monoisotopic (exact) mass is 231 g/mol. The number of aryl methyl sites for hydroxylation is 1. The van der Waals surface area contributed by atoms with Gasteiger partial charge in [-0.2, -0.15) is 9.37 Å². The Bertz CT molecular complexity index is 499. The third-order valence-corrected chi connectivity index (χ3v) is 2.54. The van der Waals surface area contributed by atoms with E-state index in [9.17, 15) is 4.39 Å². The molecule has 1 aromatic carbocycles. The Morgan fingerprint density at radius 2 is 1.94 bits per heavy atom. The van der Waals surface area contributed by atoms with Crippen LogP contribution in [0, 0.1) is 13.0 Å². The molecule has 0 saturated heterocycles. The lowest BCUT2D eigenvalue weighted by Gasteiger charge is -2.19. The predicted molar refractivity (Wildman–Crippen MR) is 65.3 cm³/mol. The first-order chi connectivity index (χ1) is 8.16. The maximum atomic E-state index is 13.0. The van der Waals surface area contributed by atoms with Crippen LogP contribution in [0.25, 0.3) is 0 Å². The molecule has 0 atom stereocenters. The van der Waals surface area contributed by atoms with E-state index in [2.05, 4.69) is 9.97 Å². The first-order valence-electron chi connectivity index (χ1n) is 5.41. The minimum absolute atomic E-state index is 0.626. The summed E-state index contributed by atoms with van der Waals surface area (Å²) in [6.07, 6.45) is 0.810. The van der Waals surface area contributed by atoms with E-state index < -0.39 is 6.08 Å². The highest BCUT2D eigenvalue weighted by Gasteiger charge is 2.08. The summed E-state index contributed by atoms with van der Waals surface area (Å²) in [5, 5.41) is 0. The number of nitrogens with zero attached hydrogens (tertiary/aromatic N) is 3. The van der Waals surface area contributed by atoms with Crippen molar-refractivity contribution in [3.8, 4) is 0 Å². The average Bonchev–Trinajstić information content (AvgIpc) is 2.33. The highest BCUT2D eigenvalue weighted by atomic mass is 19.1. The van der Waals surface area contributed by atoms with Gasteiger partial charge in [0.15, 0.2) is 0 Å². The van der Waals surface area contributed by atoms with E-state index in [-0.39, 0.29) is 0 Å². The molecule has 1 heterocycles. The number of aromatic nitrogens is 2. The van der Waals surface area contributed by atoms with Gasteiger partial charge >= 0.3 is 6.08 Å². The maximum Gasteiger partial charge on any atom is 0.310 e. The Labute approximate surface area is 99.9 Å². The van der Waals surface area contributed by atoms with Crippen molar-refractivity contribution in [2.45, 2.75) is 13.5 Å². The summed E-state index contributed by atoms with van der Waals surface area (Å²) in [7, 11) is 1.89. The summed E-state index contributed by atoms with van der Waals surface area (Å²) in [5.41, 5.74) is 2.03. The van der Waals surface area contributed by atoms with Crippen LogP contribution >= 0.6 is 0 Å². The number of hydrogen-bond acceptors (Lipinski definition) is 3. The van der Waals surface area contributed by atoms with Crippen molar-refractivity contribution in [2.75, 3.05) is 11.9 Å². The molecule has 0 fully saturated rings. The molecule has 0 saturated carbocycles. The molecule has 0 aliphatic carbocycles. The van der Waals surface area contributed by atoms with Gasteiger partial charge in [0.2, 0.25) is 0 Å². The van der Waals surface area contributed by atoms with Crippen LogP contribution in [-0.4, -0.2) is 17.0 Å². The molecule has 3 nitrogen and oxygen atoms in total. The summed E-state index contributed by atoms with van der Waals surface area (Å²) in [6.45, 7) is 2.56. The zero-order valence-electron chi connectivity index (χ0n) is 9.89. The second-order valence-corrected chi connectivity index (χ2v) is 3.99. The number of rotatable bonds is 3. The summed E-state index contributed by atoms with van der Waals surface area (Å²) < 4.78 is 13.0. The standard InChI is InChI=1S/C13H14FN3/c1-10-8-15-13(14)16-12(10)17(2)9-11-6-4-3-5-7-11/h3-8H,9H2,1-2H3. The third-order valence-electron chi connectivity index (χ3n) is 2.54. The molecule has 0 aliphatic rings. The summed E-state index contributed by atoms with van der Waals surface area (Å²) in [5.74, 6) is 0.626. The lowest BCUT2D eigenvalue weighted by atomic mass is 10.2. The Hall–Kier alpha value is -1.97. The van der Waals surface area contributed by atoms with Gasteiger partial charge in [-0.3, -0.25) is 0 Å². The second kappa shape index (κ2) is 4.91. The topological polar surface area (TPSA) is 29.0 Å².